The largest absolute Gasteiger partial charge is 0.379 e. The standard InChI is InChI=1S/C20H21N5O4.C7H7N3/c26-19(15-4-3-5-16(14-15)25(27)28)22-20-21-17-6-1-2-7-18(17)24(20)9-8-23-10-12-29-13-11-23;8-7-9-5-3-1-2-4-6(5)10-7/h1-7,14H,8-13H2,(H,21,22,26);1-4H,(H3,8,9,10). The smallest absolute Gasteiger partial charge is 0.270 e. The molecule has 3 aromatic carbocycles. The number of ether oxygens (including phenoxy) is 1. The van der Waals surface area contributed by atoms with Crippen LogP contribution in [-0.4, -0.2) is 68.1 Å². The number of amides is 1. The summed E-state index contributed by atoms with van der Waals surface area (Å²) in [7, 11) is 0. The number of hydrogen-bond acceptors (Lipinski definition) is 8. The van der Waals surface area contributed by atoms with Gasteiger partial charge in [-0.2, -0.15) is 0 Å². The number of aromatic nitrogens is 4. The van der Waals surface area contributed by atoms with Gasteiger partial charge in [0.25, 0.3) is 11.6 Å². The number of rotatable bonds is 6. The number of nitrogen functional groups attached to an aromatic ring is 1. The predicted molar refractivity (Wildman–Crippen MR) is 149 cm³/mol. The van der Waals surface area contributed by atoms with Crippen LogP contribution >= 0.6 is 0 Å². The van der Waals surface area contributed by atoms with E-state index < -0.39 is 10.8 Å². The maximum atomic E-state index is 12.7. The average Bonchev–Trinajstić information content (AvgIpc) is 3.51. The van der Waals surface area contributed by atoms with Crippen LogP contribution in [0.4, 0.5) is 17.6 Å². The summed E-state index contributed by atoms with van der Waals surface area (Å²) in [4.78, 5) is 37.0. The maximum Gasteiger partial charge on any atom is 0.270 e. The summed E-state index contributed by atoms with van der Waals surface area (Å²) in [5.74, 6) is 0.466. The molecular weight excluding hydrogens is 500 g/mol. The summed E-state index contributed by atoms with van der Waals surface area (Å²) in [6.45, 7) is 4.67. The summed E-state index contributed by atoms with van der Waals surface area (Å²) >= 11 is 0. The first-order valence-corrected chi connectivity index (χ1v) is 12.5. The number of nitrogens with one attached hydrogen (secondary N) is 2. The van der Waals surface area contributed by atoms with Gasteiger partial charge in [-0.3, -0.25) is 25.1 Å². The molecule has 1 aliphatic rings. The van der Waals surface area contributed by atoms with Gasteiger partial charge in [-0.25, -0.2) is 9.97 Å². The molecule has 0 bridgehead atoms. The first-order chi connectivity index (χ1) is 19.0. The van der Waals surface area contributed by atoms with E-state index in [4.69, 9.17) is 10.5 Å². The maximum absolute atomic E-state index is 12.7. The molecule has 0 aliphatic carbocycles. The normalized spacial score (nSPS) is 13.6. The second-order valence-electron chi connectivity index (χ2n) is 8.93. The highest BCUT2D eigenvalue weighted by Crippen LogP contribution is 2.21. The van der Waals surface area contributed by atoms with Crippen LogP contribution in [0, 0.1) is 10.1 Å². The van der Waals surface area contributed by atoms with E-state index >= 15 is 0 Å². The molecule has 0 saturated carbocycles. The minimum Gasteiger partial charge on any atom is -0.379 e. The van der Waals surface area contributed by atoms with Crippen molar-refractivity contribution < 1.29 is 14.5 Å². The van der Waals surface area contributed by atoms with Crippen LogP contribution in [0.3, 0.4) is 0 Å². The molecule has 39 heavy (non-hydrogen) atoms. The lowest BCUT2D eigenvalue weighted by molar-refractivity contribution is -0.384. The Kier molecular flexibility index (Phi) is 7.75. The lowest BCUT2D eigenvalue weighted by Crippen LogP contribution is -2.38. The molecule has 2 aromatic heterocycles. The van der Waals surface area contributed by atoms with E-state index in [2.05, 4.69) is 25.2 Å². The molecule has 5 aromatic rings. The number of carbonyl (C=O) groups excluding carboxylic acids is 1. The second kappa shape index (κ2) is 11.7. The average molecular weight is 529 g/mol. The summed E-state index contributed by atoms with van der Waals surface area (Å²) in [5.41, 5.74) is 9.12. The van der Waals surface area contributed by atoms with Gasteiger partial charge in [0.05, 0.1) is 40.2 Å². The number of morpholine rings is 1. The highest BCUT2D eigenvalue weighted by atomic mass is 16.6. The third kappa shape index (κ3) is 6.20. The molecule has 200 valence electrons. The molecule has 1 saturated heterocycles. The van der Waals surface area contributed by atoms with Crippen LogP contribution in [0.15, 0.2) is 72.8 Å². The van der Waals surface area contributed by atoms with E-state index in [1.807, 2.05) is 53.1 Å². The number of aromatic amines is 1. The van der Waals surface area contributed by atoms with E-state index in [1.54, 1.807) is 6.07 Å². The molecule has 0 atom stereocenters. The van der Waals surface area contributed by atoms with E-state index in [1.165, 1.54) is 18.2 Å². The number of fused-ring (bicyclic) bond motifs is 2. The first-order valence-electron chi connectivity index (χ1n) is 12.5. The molecule has 1 amide bonds. The van der Waals surface area contributed by atoms with Gasteiger partial charge >= 0.3 is 0 Å². The lowest BCUT2D eigenvalue weighted by Gasteiger charge is -2.26. The minimum absolute atomic E-state index is 0.126. The number of nitro groups is 1. The number of nitrogens with zero attached hydrogens (tertiary/aromatic N) is 5. The zero-order chi connectivity index (χ0) is 27.2. The Labute approximate surface area is 223 Å². The van der Waals surface area contributed by atoms with Gasteiger partial charge in [0.2, 0.25) is 5.95 Å². The monoisotopic (exact) mass is 528 g/mol. The molecule has 1 aliphatic heterocycles. The fourth-order valence-electron chi connectivity index (χ4n) is 4.37. The van der Waals surface area contributed by atoms with Gasteiger partial charge in [0.15, 0.2) is 5.95 Å². The zero-order valence-corrected chi connectivity index (χ0v) is 21.1. The molecule has 6 rings (SSSR count). The van der Waals surface area contributed by atoms with Gasteiger partial charge in [-0.1, -0.05) is 30.3 Å². The zero-order valence-electron chi connectivity index (χ0n) is 21.1. The van der Waals surface area contributed by atoms with Crippen molar-refractivity contribution >= 4 is 45.6 Å². The Morgan fingerprint density at radius 2 is 1.74 bits per heavy atom. The number of benzene rings is 3. The van der Waals surface area contributed by atoms with Crippen molar-refractivity contribution in [2.24, 2.45) is 0 Å². The predicted octanol–water partition coefficient (Wildman–Crippen LogP) is 3.67. The number of nitrogens with two attached hydrogens (primary N) is 1. The van der Waals surface area contributed by atoms with Crippen molar-refractivity contribution in [3.05, 3.63) is 88.5 Å². The van der Waals surface area contributed by atoms with Crippen LogP contribution in [0.2, 0.25) is 0 Å². The number of H-pyrrole nitrogens is 1. The van der Waals surface area contributed by atoms with Crippen LogP contribution in [0.1, 0.15) is 10.4 Å². The number of carbonyl (C=O) groups is 1. The molecule has 12 nitrogen and oxygen atoms in total. The number of hydrogen-bond donors (Lipinski definition) is 3. The fraction of sp³-hybridized carbons (Fsp3) is 0.222. The van der Waals surface area contributed by atoms with Crippen LogP contribution < -0.4 is 11.1 Å². The van der Waals surface area contributed by atoms with Crippen molar-refractivity contribution in [2.45, 2.75) is 6.54 Å². The molecule has 3 heterocycles. The molecule has 4 N–H and O–H groups in total. The second-order valence-corrected chi connectivity index (χ2v) is 8.93. The summed E-state index contributed by atoms with van der Waals surface area (Å²) in [6, 6.07) is 21.1. The van der Waals surface area contributed by atoms with Gasteiger partial charge in [-0.05, 0) is 30.3 Å². The van der Waals surface area contributed by atoms with Crippen LogP contribution in [0.25, 0.3) is 22.1 Å². The minimum atomic E-state index is -0.519. The highest BCUT2D eigenvalue weighted by Gasteiger charge is 2.18. The van der Waals surface area contributed by atoms with E-state index in [0.717, 1.165) is 54.9 Å². The highest BCUT2D eigenvalue weighted by molar-refractivity contribution is 6.04. The molecular formula is C27H28N8O4. The molecule has 0 radical (unpaired) electrons. The van der Waals surface area contributed by atoms with Gasteiger partial charge in [0, 0.05) is 43.9 Å². The number of anilines is 2. The lowest BCUT2D eigenvalue weighted by atomic mass is 10.2. The van der Waals surface area contributed by atoms with Gasteiger partial charge < -0.3 is 20.0 Å². The summed E-state index contributed by atoms with van der Waals surface area (Å²) in [6.07, 6.45) is 0. The number of non-ortho nitro benzene ring substituents is 1. The SMILES string of the molecule is Nc1nc2ccccc2[nH]1.O=C(Nc1nc2ccccc2n1CCN1CCOCC1)c1cccc([N+](=O)[O-])c1. The third-order valence-electron chi connectivity index (χ3n) is 6.35. The van der Waals surface area contributed by atoms with E-state index in [-0.39, 0.29) is 11.3 Å². The molecule has 12 heteroatoms. The summed E-state index contributed by atoms with van der Waals surface area (Å²) in [5, 5.41) is 13.8. The molecule has 0 spiro atoms. The Hall–Kier alpha value is -4.81. The Bertz CT molecular complexity index is 1570. The number of imidazole rings is 2. The topological polar surface area (TPSA) is 157 Å². The quantitative estimate of drug-likeness (QED) is 0.222. The Morgan fingerprint density at radius 3 is 2.51 bits per heavy atom. The van der Waals surface area contributed by atoms with Crippen molar-refractivity contribution in [1.82, 2.24) is 24.4 Å². The van der Waals surface area contributed by atoms with E-state index in [0.29, 0.717) is 18.4 Å². The molecule has 1 fully saturated rings. The van der Waals surface area contributed by atoms with Gasteiger partial charge in [-0.15, -0.1) is 0 Å². The van der Waals surface area contributed by atoms with E-state index in [9.17, 15) is 14.9 Å². The van der Waals surface area contributed by atoms with Crippen molar-refractivity contribution in [3.63, 3.8) is 0 Å². The first kappa shape index (κ1) is 25.8. The van der Waals surface area contributed by atoms with Crippen molar-refractivity contribution in [1.29, 1.82) is 0 Å². The van der Waals surface area contributed by atoms with Gasteiger partial charge in [0.1, 0.15) is 0 Å². The molecule has 0 unspecified atom stereocenters. The number of nitro benzene ring substituents is 1. The van der Waals surface area contributed by atoms with Crippen molar-refractivity contribution in [3.8, 4) is 0 Å². The Morgan fingerprint density at radius 1 is 1.00 bits per heavy atom. The van der Waals surface area contributed by atoms with Crippen LogP contribution in [-0.2, 0) is 11.3 Å². The Balaban J connectivity index is 0.000000257. The third-order valence-corrected chi connectivity index (χ3v) is 6.35. The van der Waals surface area contributed by atoms with Crippen molar-refractivity contribution in [2.75, 3.05) is 43.9 Å². The number of para-hydroxylation sites is 4. The van der Waals surface area contributed by atoms with Crippen LogP contribution in [0.5, 0.6) is 0 Å². The fourth-order valence-corrected chi connectivity index (χ4v) is 4.37. The summed E-state index contributed by atoms with van der Waals surface area (Å²) < 4.78 is 7.37.